The lowest BCUT2D eigenvalue weighted by molar-refractivity contribution is -0.116. The summed E-state index contributed by atoms with van der Waals surface area (Å²) in [6.45, 7) is 5.78. The van der Waals surface area contributed by atoms with Crippen LogP contribution in [0.4, 0.5) is 0 Å². The van der Waals surface area contributed by atoms with Crippen LogP contribution < -0.4 is 0 Å². The lowest BCUT2D eigenvalue weighted by Crippen LogP contribution is -2.08. The Morgan fingerprint density at radius 3 is 1.92 bits per heavy atom. The summed E-state index contributed by atoms with van der Waals surface area (Å²) < 4.78 is 21.6. The normalized spacial score (nSPS) is 11.6. The van der Waals surface area contributed by atoms with Gasteiger partial charge < -0.3 is 9.05 Å². The maximum atomic E-state index is 11.7. The standard InChI is InChI=1S/C8H17O4P/c1-4-8(9)7-13(10,11-5-2)12-6-3/h4-7H2,1-3H3. The van der Waals surface area contributed by atoms with Gasteiger partial charge in [0.2, 0.25) is 0 Å². The van der Waals surface area contributed by atoms with Gasteiger partial charge in [-0.2, -0.15) is 0 Å². The van der Waals surface area contributed by atoms with Gasteiger partial charge in [-0.15, -0.1) is 0 Å². The molecule has 0 aliphatic carbocycles. The van der Waals surface area contributed by atoms with Gasteiger partial charge in [0.05, 0.1) is 13.2 Å². The SMILES string of the molecule is CCOP(=O)(CC(=O)CC)OCC. The smallest absolute Gasteiger partial charge is 0.309 e. The Morgan fingerprint density at radius 2 is 1.62 bits per heavy atom. The summed E-state index contributed by atoms with van der Waals surface area (Å²) in [6.07, 6.45) is 0.259. The highest BCUT2D eigenvalue weighted by Crippen LogP contribution is 2.47. The van der Waals surface area contributed by atoms with Crippen molar-refractivity contribution in [3.63, 3.8) is 0 Å². The van der Waals surface area contributed by atoms with Crippen molar-refractivity contribution < 1.29 is 18.4 Å². The van der Waals surface area contributed by atoms with Crippen LogP contribution in [0, 0.1) is 0 Å². The van der Waals surface area contributed by atoms with Crippen molar-refractivity contribution in [1.29, 1.82) is 0 Å². The lowest BCUT2D eigenvalue weighted by atomic mass is 10.4. The van der Waals surface area contributed by atoms with E-state index in [-0.39, 0.29) is 11.9 Å². The maximum absolute atomic E-state index is 11.7. The van der Waals surface area contributed by atoms with Crippen LogP contribution in [0.25, 0.3) is 0 Å². The van der Waals surface area contributed by atoms with E-state index in [0.29, 0.717) is 19.6 Å². The average Bonchev–Trinajstić information content (AvgIpc) is 2.04. The molecule has 0 spiro atoms. The second-order valence-corrected chi connectivity index (χ2v) is 4.55. The molecule has 5 heteroatoms. The predicted molar refractivity (Wildman–Crippen MR) is 51.0 cm³/mol. The zero-order valence-corrected chi connectivity index (χ0v) is 9.30. The quantitative estimate of drug-likeness (QED) is 0.602. The van der Waals surface area contributed by atoms with Crippen molar-refractivity contribution in [2.24, 2.45) is 0 Å². The van der Waals surface area contributed by atoms with Gasteiger partial charge in [-0.1, -0.05) is 6.92 Å². The second-order valence-electron chi connectivity index (χ2n) is 2.50. The Labute approximate surface area is 79.1 Å². The first-order chi connectivity index (χ1) is 6.08. The van der Waals surface area contributed by atoms with Crippen LogP contribution in [-0.4, -0.2) is 25.2 Å². The fourth-order valence-electron chi connectivity index (χ4n) is 0.850. The summed E-state index contributed by atoms with van der Waals surface area (Å²) in [4.78, 5) is 11.0. The summed E-state index contributed by atoms with van der Waals surface area (Å²) in [7, 11) is -3.14. The highest BCUT2D eigenvalue weighted by molar-refractivity contribution is 7.54. The van der Waals surface area contributed by atoms with Crippen molar-refractivity contribution in [1.82, 2.24) is 0 Å². The van der Waals surface area contributed by atoms with E-state index in [1.165, 1.54) is 0 Å². The minimum atomic E-state index is -3.14. The Kier molecular flexibility index (Phi) is 6.21. The first-order valence-corrected chi connectivity index (χ1v) is 6.20. The molecule has 0 aromatic carbocycles. The molecule has 0 bridgehead atoms. The molecule has 0 saturated carbocycles. The lowest BCUT2D eigenvalue weighted by Gasteiger charge is -2.15. The Morgan fingerprint density at radius 1 is 1.15 bits per heavy atom. The minimum absolute atomic E-state index is 0.0924. The molecule has 0 aliphatic heterocycles. The molecule has 0 N–H and O–H groups in total. The first kappa shape index (κ1) is 12.8. The van der Waals surface area contributed by atoms with E-state index in [9.17, 15) is 9.36 Å². The molecule has 0 rings (SSSR count). The molecule has 0 saturated heterocycles. The number of carbonyl (C=O) groups excluding carboxylic acids is 1. The monoisotopic (exact) mass is 208 g/mol. The molecule has 0 heterocycles. The molecule has 0 aromatic rings. The van der Waals surface area contributed by atoms with Gasteiger partial charge in [0.15, 0.2) is 0 Å². The van der Waals surface area contributed by atoms with E-state index in [4.69, 9.17) is 9.05 Å². The molecule has 0 unspecified atom stereocenters. The molecular weight excluding hydrogens is 191 g/mol. The summed E-state index contributed by atoms with van der Waals surface area (Å²) in [5.74, 6) is -0.0924. The van der Waals surface area contributed by atoms with Gasteiger partial charge >= 0.3 is 7.60 Å². The highest BCUT2D eigenvalue weighted by atomic mass is 31.2. The number of ketones is 1. The van der Waals surface area contributed by atoms with Gasteiger partial charge in [0.25, 0.3) is 0 Å². The number of carbonyl (C=O) groups is 1. The van der Waals surface area contributed by atoms with Crippen LogP contribution in [0.1, 0.15) is 27.2 Å². The summed E-state index contributed by atoms with van der Waals surface area (Å²) in [6, 6.07) is 0. The molecule has 4 nitrogen and oxygen atoms in total. The van der Waals surface area contributed by atoms with Crippen molar-refractivity contribution in [2.45, 2.75) is 27.2 Å². The molecule has 78 valence electrons. The Hall–Kier alpha value is -0.180. The predicted octanol–water partition coefficient (Wildman–Crippen LogP) is 2.23. The summed E-state index contributed by atoms with van der Waals surface area (Å²) >= 11 is 0. The highest BCUT2D eigenvalue weighted by Gasteiger charge is 2.26. The second kappa shape index (κ2) is 6.30. The largest absolute Gasteiger partial charge is 0.338 e. The van der Waals surface area contributed by atoms with E-state index in [1.807, 2.05) is 0 Å². The van der Waals surface area contributed by atoms with E-state index >= 15 is 0 Å². The summed E-state index contributed by atoms with van der Waals surface area (Å²) in [5.41, 5.74) is 0. The summed E-state index contributed by atoms with van der Waals surface area (Å²) in [5, 5.41) is 0. The van der Waals surface area contributed by atoms with Crippen LogP contribution in [0.15, 0.2) is 0 Å². The fraction of sp³-hybridized carbons (Fsp3) is 0.875. The zero-order valence-electron chi connectivity index (χ0n) is 8.41. The number of hydrogen-bond donors (Lipinski definition) is 0. The molecule has 0 radical (unpaired) electrons. The molecule has 0 aromatic heterocycles. The van der Waals surface area contributed by atoms with E-state index in [1.54, 1.807) is 20.8 Å². The van der Waals surface area contributed by atoms with Crippen molar-refractivity contribution in [2.75, 3.05) is 19.4 Å². The van der Waals surface area contributed by atoms with Crippen LogP contribution in [-0.2, 0) is 18.4 Å². The van der Waals surface area contributed by atoms with Crippen LogP contribution in [0.3, 0.4) is 0 Å². The van der Waals surface area contributed by atoms with Crippen molar-refractivity contribution >= 4 is 13.4 Å². The molecule has 0 amide bonds. The topological polar surface area (TPSA) is 52.6 Å². The van der Waals surface area contributed by atoms with E-state index in [0.717, 1.165) is 0 Å². The third-order valence-corrected chi connectivity index (χ3v) is 3.46. The van der Waals surface area contributed by atoms with Crippen LogP contribution >= 0.6 is 7.60 Å². The average molecular weight is 208 g/mol. The van der Waals surface area contributed by atoms with E-state index in [2.05, 4.69) is 0 Å². The third-order valence-electron chi connectivity index (χ3n) is 1.42. The van der Waals surface area contributed by atoms with Gasteiger partial charge in [-0.3, -0.25) is 9.36 Å². The maximum Gasteiger partial charge on any atom is 0.338 e. The number of rotatable bonds is 7. The zero-order chi connectivity index (χ0) is 10.3. The third kappa shape index (κ3) is 5.19. The van der Waals surface area contributed by atoms with Crippen molar-refractivity contribution in [3.05, 3.63) is 0 Å². The van der Waals surface area contributed by atoms with Gasteiger partial charge in [0.1, 0.15) is 11.9 Å². The molecule has 0 atom stereocenters. The molecule has 0 fully saturated rings. The van der Waals surface area contributed by atoms with Crippen LogP contribution in [0.5, 0.6) is 0 Å². The number of hydrogen-bond acceptors (Lipinski definition) is 4. The van der Waals surface area contributed by atoms with Gasteiger partial charge in [0, 0.05) is 6.42 Å². The first-order valence-electron chi connectivity index (χ1n) is 4.47. The minimum Gasteiger partial charge on any atom is -0.309 e. The van der Waals surface area contributed by atoms with Gasteiger partial charge in [-0.05, 0) is 13.8 Å². The Balaban J connectivity index is 4.23. The van der Waals surface area contributed by atoms with Crippen LogP contribution in [0.2, 0.25) is 0 Å². The Bertz CT molecular complexity index is 192. The molecule has 13 heavy (non-hydrogen) atoms. The molecular formula is C8H17O4P. The fourth-order valence-corrected chi connectivity index (χ4v) is 2.55. The van der Waals surface area contributed by atoms with E-state index < -0.39 is 7.60 Å². The van der Waals surface area contributed by atoms with Gasteiger partial charge in [-0.25, -0.2) is 0 Å². The van der Waals surface area contributed by atoms with Crippen molar-refractivity contribution in [3.8, 4) is 0 Å². The number of Topliss-reactive ketones (excluding diaryl/α,β-unsaturated/α-hetero) is 1. The molecule has 0 aliphatic rings.